The van der Waals surface area contributed by atoms with Gasteiger partial charge in [0.1, 0.15) is 24.2 Å². The van der Waals surface area contributed by atoms with Crippen LogP contribution in [0.5, 0.6) is 5.75 Å². The predicted octanol–water partition coefficient (Wildman–Crippen LogP) is 5.17. The first-order valence-electron chi connectivity index (χ1n) is 15.9. The Morgan fingerprint density at radius 2 is 1.61 bits per heavy atom. The zero-order chi connectivity index (χ0) is 32.5. The molecule has 0 saturated carbocycles. The molecular formula is C36H42N6O4. The number of amides is 3. The molecule has 3 aromatic carbocycles. The van der Waals surface area contributed by atoms with Gasteiger partial charge in [-0.1, -0.05) is 86.6 Å². The first-order chi connectivity index (χ1) is 22.3. The summed E-state index contributed by atoms with van der Waals surface area (Å²) in [5, 5.41) is 10.8. The summed E-state index contributed by atoms with van der Waals surface area (Å²) >= 11 is 0. The third kappa shape index (κ3) is 8.38. The Bertz CT molecular complexity index is 1620. The normalized spacial score (nSPS) is 17.9. The van der Waals surface area contributed by atoms with Crippen LogP contribution in [0.25, 0.3) is 11.4 Å². The summed E-state index contributed by atoms with van der Waals surface area (Å²) in [5.74, 6) is 1.11. The highest BCUT2D eigenvalue weighted by Crippen LogP contribution is 2.23. The number of para-hydroxylation sites is 1. The molecule has 0 spiro atoms. The molecule has 240 valence electrons. The van der Waals surface area contributed by atoms with Crippen molar-refractivity contribution < 1.29 is 19.1 Å². The van der Waals surface area contributed by atoms with Crippen molar-refractivity contribution in [3.63, 3.8) is 0 Å². The minimum atomic E-state index is -0.686. The average molecular weight is 623 g/mol. The monoisotopic (exact) mass is 622 g/mol. The van der Waals surface area contributed by atoms with Crippen molar-refractivity contribution in [1.82, 2.24) is 30.3 Å². The molecule has 3 amide bonds. The van der Waals surface area contributed by atoms with E-state index in [-0.39, 0.29) is 30.1 Å². The van der Waals surface area contributed by atoms with Gasteiger partial charge in [0.25, 0.3) is 5.91 Å². The van der Waals surface area contributed by atoms with Crippen molar-refractivity contribution in [3.8, 4) is 17.1 Å². The van der Waals surface area contributed by atoms with Gasteiger partial charge in [-0.05, 0) is 43.4 Å². The standard InChI is InChI=1S/C36H42N6O4/c1-25(2)23-30-35(44)37-26(3)34-39-33(28-15-8-5-9-16-28)40-42(34)22-21-41(20-12-19-32(43)38-30)36(45)29-17-10-11-18-31(29)46-24-27-13-6-4-7-14-27/h4-11,13-18,25-26,30H,12,19-24H2,1-3H3,(H,37,44)(H,38,43)/t26-,30-/m1/s1. The smallest absolute Gasteiger partial charge is 0.257 e. The van der Waals surface area contributed by atoms with E-state index in [1.807, 2.05) is 93.6 Å². The van der Waals surface area contributed by atoms with Crippen molar-refractivity contribution in [3.05, 3.63) is 102 Å². The van der Waals surface area contributed by atoms with Gasteiger partial charge in [0.05, 0.1) is 18.2 Å². The van der Waals surface area contributed by atoms with Crippen LogP contribution in [0.3, 0.4) is 0 Å². The number of rotatable bonds is 7. The highest BCUT2D eigenvalue weighted by molar-refractivity contribution is 5.97. The second-order valence-corrected chi connectivity index (χ2v) is 12.0. The van der Waals surface area contributed by atoms with Gasteiger partial charge in [-0.3, -0.25) is 14.4 Å². The van der Waals surface area contributed by atoms with Gasteiger partial charge in [0.2, 0.25) is 11.8 Å². The number of carbonyl (C=O) groups is 3. The SMILES string of the molecule is CC(C)C[C@H]1NC(=O)CCCN(C(=O)c2ccccc2OCc2ccccc2)CCn2nc(-c3ccccc3)nc2[C@@H](C)NC1=O. The van der Waals surface area contributed by atoms with Gasteiger partial charge in [-0.2, -0.15) is 5.10 Å². The fraction of sp³-hybridized carbons (Fsp3) is 0.361. The molecule has 0 fully saturated rings. The zero-order valence-electron chi connectivity index (χ0n) is 26.7. The Morgan fingerprint density at radius 1 is 0.913 bits per heavy atom. The van der Waals surface area contributed by atoms with Crippen LogP contribution in [0.4, 0.5) is 0 Å². The predicted molar refractivity (Wildman–Crippen MR) is 176 cm³/mol. The van der Waals surface area contributed by atoms with Crippen LogP contribution in [0.1, 0.15) is 67.8 Å². The van der Waals surface area contributed by atoms with Gasteiger partial charge < -0.3 is 20.3 Å². The first-order valence-corrected chi connectivity index (χ1v) is 15.9. The minimum absolute atomic E-state index is 0.181. The number of nitrogens with zero attached hydrogens (tertiary/aromatic N) is 4. The number of nitrogens with one attached hydrogen (secondary N) is 2. The lowest BCUT2D eigenvalue weighted by molar-refractivity contribution is -0.129. The summed E-state index contributed by atoms with van der Waals surface area (Å²) in [6, 6.07) is 25.5. The van der Waals surface area contributed by atoms with E-state index in [0.717, 1.165) is 11.1 Å². The van der Waals surface area contributed by atoms with E-state index < -0.39 is 12.1 Å². The fourth-order valence-electron chi connectivity index (χ4n) is 5.53. The Labute approximate surface area is 270 Å². The Hall–Kier alpha value is -4.99. The minimum Gasteiger partial charge on any atom is -0.488 e. The first kappa shape index (κ1) is 32.4. The van der Waals surface area contributed by atoms with Crippen LogP contribution in [0.15, 0.2) is 84.9 Å². The van der Waals surface area contributed by atoms with Gasteiger partial charge in [0.15, 0.2) is 5.82 Å². The summed E-state index contributed by atoms with van der Waals surface area (Å²) in [7, 11) is 0. The summed E-state index contributed by atoms with van der Waals surface area (Å²) in [5.41, 5.74) is 2.30. The summed E-state index contributed by atoms with van der Waals surface area (Å²) < 4.78 is 7.89. The molecule has 0 unspecified atom stereocenters. The summed E-state index contributed by atoms with van der Waals surface area (Å²) in [6.07, 6.45) is 1.10. The highest BCUT2D eigenvalue weighted by Gasteiger charge is 2.28. The van der Waals surface area contributed by atoms with Crippen LogP contribution in [0.2, 0.25) is 0 Å². The number of hydrogen-bond acceptors (Lipinski definition) is 6. The molecule has 5 rings (SSSR count). The molecule has 2 atom stereocenters. The molecule has 1 aliphatic heterocycles. The van der Waals surface area contributed by atoms with E-state index in [2.05, 4.69) is 10.6 Å². The molecule has 1 aliphatic rings. The fourth-order valence-corrected chi connectivity index (χ4v) is 5.53. The van der Waals surface area contributed by atoms with E-state index in [9.17, 15) is 14.4 Å². The number of aromatic nitrogens is 3. The van der Waals surface area contributed by atoms with Crippen molar-refractivity contribution in [2.45, 2.75) is 65.3 Å². The Kier molecular flexibility index (Phi) is 10.8. The lowest BCUT2D eigenvalue weighted by Gasteiger charge is -2.26. The number of fused-ring (bicyclic) bond motifs is 1. The van der Waals surface area contributed by atoms with Crippen LogP contribution in [-0.4, -0.2) is 56.5 Å². The third-order valence-electron chi connectivity index (χ3n) is 7.89. The molecule has 0 bridgehead atoms. The van der Waals surface area contributed by atoms with Crippen molar-refractivity contribution in [2.75, 3.05) is 13.1 Å². The molecule has 1 aromatic heterocycles. The quantitative estimate of drug-likeness (QED) is 0.294. The largest absolute Gasteiger partial charge is 0.488 e. The molecule has 0 saturated heterocycles. The van der Waals surface area contributed by atoms with Crippen LogP contribution >= 0.6 is 0 Å². The summed E-state index contributed by atoms with van der Waals surface area (Å²) in [4.78, 5) is 47.1. The number of ether oxygens (including phenoxy) is 1. The molecule has 0 radical (unpaired) electrons. The lowest BCUT2D eigenvalue weighted by atomic mass is 10.0. The van der Waals surface area contributed by atoms with Crippen LogP contribution in [0, 0.1) is 5.92 Å². The Morgan fingerprint density at radius 3 is 2.35 bits per heavy atom. The van der Waals surface area contributed by atoms with Crippen molar-refractivity contribution >= 4 is 17.7 Å². The lowest BCUT2D eigenvalue weighted by Crippen LogP contribution is -2.48. The number of benzene rings is 3. The second kappa shape index (κ2) is 15.3. The molecule has 46 heavy (non-hydrogen) atoms. The highest BCUT2D eigenvalue weighted by atomic mass is 16.5. The Balaban J connectivity index is 1.45. The van der Waals surface area contributed by atoms with E-state index in [1.54, 1.807) is 21.7 Å². The van der Waals surface area contributed by atoms with Gasteiger partial charge in [-0.15, -0.1) is 0 Å². The maximum Gasteiger partial charge on any atom is 0.257 e. The van der Waals surface area contributed by atoms with Crippen LogP contribution in [-0.2, 0) is 22.7 Å². The third-order valence-corrected chi connectivity index (χ3v) is 7.89. The van der Waals surface area contributed by atoms with Gasteiger partial charge in [0, 0.05) is 25.1 Å². The van der Waals surface area contributed by atoms with Crippen LogP contribution < -0.4 is 15.4 Å². The van der Waals surface area contributed by atoms with E-state index >= 15 is 0 Å². The molecule has 10 nitrogen and oxygen atoms in total. The topological polar surface area (TPSA) is 118 Å². The van der Waals surface area contributed by atoms with Crippen molar-refractivity contribution in [1.29, 1.82) is 0 Å². The van der Waals surface area contributed by atoms with Gasteiger partial charge in [-0.25, -0.2) is 9.67 Å². The summed E-state index contributed by atoms with van der Waals surface area (Å²) in [6.45, 7) is 7.22. The number of carbonyl (C=O) groups excluding carboxylic acids is 3. The van der Waals surface area contributed by atoms with E-state index in [0.29, 0.717) is 62.0 Å². The molecule has 2 heterocycles. The molecule has 10 heteroatoms. The maximum atomic E-state index is 14.1. The molecule has 0 aliphatic carbocycles. The maximum absolute atomic E-state index is 14.1. The zero-order valence-corrected chi connectivity index (χ0v) is 26.7. The van der Waals surface area contributed by atoms with E-state index in [4.69, 9.17) is 14.8 Å². The van der Waals surface area contributed by atoms with Gasteiger partial charge >= 0.3 is 0 Å². The average Bonchev–Trinajstić information content (AvgIpc) is 3.49. The molecule has 4 aromatic rings. The number of hydrogen-bond donors (Lipinski definition) is 2. The second-order valence-electron chi connectivity index (χ2n) is 12.0. The molecular weight excluding hydrogens is 580 g/mol. The molecule has 2 N–H and O–H groups in total. The van der Waals surface area contributed by atoms with Crippen molar-refractivity contribution in [2.24, 2.45) is 5.92 Å². The van der Waals surface area contributed by atoms with E-state index in [1.165, 1.54) is 0 Å².